The number of aromatic nitrogens is 2. The van der Waals surface area contributed by atoms with Crippen LogP contribution >= 0.6 is 0 Å². The molecule has 1 aliphatic rings. The Kier molecular flexibility index (Phi) is 5.55. The number of urea groups is 1. The first-order valence-corrected chi connectivity index (χ1v) is 7.34. The van der Waals surface area contributed by atoms with Gasteiger partial charge in [0, 0.05) is 25.4 Å². The topological polar surface area (TPSA) is 59.4 Å². The van der Waals surface area contributed by atoms with Crippen LogP contribution in [0.4, 0.5) is 9.18 Å². The normalized spacial score (nSPS) is 19.6. The Hall–Kier alpha value is -1.63. The maximum absolute atomic E-state index is 12.7. The van der Waals surface area contributed by atoms with E-state index in [1.807, 2.05) is 30.8 Å². The molecule has 21 heavy (non-hydrogen) atoms. The first-order chi connectivity index (χ1) is 10.1. The van der Waals surface area contributed by atoms with E-state index in [9.17, 15) is 9.18 Å². The van der Waals surface area contributed by atoms with Crippen molar-refractivity contribution in [1.29, 1.82) is 0 Å². The van der Waals surface area contributed by atoms with Crippen molar-refractivity contribution in [3.05, 3.63) is 18.0 Å². The highest BCUT2D eigenvalue weighted by atomic mass is 19.1. The Labute approximate surface area is 124 Å². The zero-order valence-corrected chi connectivity index (χ0v) is 12.6. The van der Waals surface area contributed by atoms with Crippen molar-refractivity contribution in [2.75, 3.05) is 26.4 Å². The summed E-state index contributed by atoms with van der Waals surface area (Å²) < 4.78 is 19.9. The number of hydrogen-bond acceptors (Lipinski definition) is 3. The van der Waals surface area contributed by atoms with Crippen LogP contribution in [0.5, 0.6) is 0 Å². The lowest BCUT2D eigenvalue weighted by Gasteiger charge is -2.22. The van der Waals surface area contributed by atoms with Crippen molar-refractivity contribution < 1.29 is 13.9 Å². The van der Waals surface area contributed by atoms with Crippen molar-refractivity contribution in [2.45, 2.75) is 39.0 Å². The van der Waals surface area contributed by atoms with Crippen molar-refractivity contribution in [3.63, 3.8) is 0 Å². The molecule has 1 unspecified atom stereocenters. The number of nitrogens with zero attached hydrogens (tertiary/aromatic N) is 3. The predicted molar refractivity (Wildman–Crippen MR) is 76.8 cm³/mol. The van der Waals surface area contributed by atoms with Gasteiger partial charge in [-0.1, -0.05) is 0 Å². The summed E-state index contributed by atoms with van der Waals surface area (Å²) >= 11 is 0. The van der Waals surface area contributed by atoms with Crippen LogP contribution in [-0.2, 0) is 11.3 Å². The summed E-state index contributed by atoms with van der Waals surface area (Å²) in [6.45, 7) is 5.27. The number of hydrogen-bond donors (Lipinski definition) is 1. The molecule has 1 N–H and O–H groups in total. The Bertz CT molecular complexity index is 464. The van der Waals surface area contributed by atoms with Gasteiger partial charge < -0.3 is 15.0 Å². The van der Waals surface area contributed by atoms with Crippen LogP contribution in [0.1, 0.15) is 32.0 Å². The minimum atomic E-state index is -0.567. The highest BCUT2D eigenvalue weighted by molar-refractivity contribution is 5.74. The molecule has 118 valence electrons. The molecule has 0 bridgehead atoms. The molecule has 2 heterocycles. The molecule has 1 aromatic heterocycles. The lowest BCUT2D eigenvalue weighted by molar-refractivity contribution is 0.0403. The molecule has 6 nitrogen and oxygen atoms in total. The molecule has 1 aliphatic heterocycles. The monoisotopic (exact) mass is 298 g/mol. The smallest absolute Gasteiger partial charge is 0.317 e. The second-order valence-corrected chi connectivity index (χ2v) is 5.49. The van der Waals surface area contributed by atoms with E-state index in [0.717, 1.165) is 12.1 Å². The number of carbonyl (C=O) groups excluding carboxylic acids is 1. The molecule has 0 spiro atoms. The van der Waals surface area contributed by atoms with E-state index in [1.165, 1.54) is 0 Å². The molecule has 2 rings (SSSR count). The molecule has 1 atom stereocenters. The average Bonchev–Trinajstić information content (AvgIpc) is 2.82. The fourth-order valence-electron chi connectivity index (χ4n) is 2.21. The number of halogens is 1. The number of rotatable bonds is 4. The molecule has 0 radical (unpaired) electrons. The highest BCUT2D eigenvalue weighted by Crippen LogP contribution is 2.08. The van der Waals surface area contributed by atoms with E-state index in [4.69, 9.17) is 4.74 Å². The largest absolute Gasteiger partial charge is 0.374 e. The van der Waals surface area contributed by atoms with Gasteiger partial charge in [-0.2, -0.15) is 5.10 Å². The maximum Gasteiger partial charge on any atom is 0.317 e. The summed E-state index contributed by atoms with van der Waals surface area (Å²) in [7, 11) is 0. The standard InChI is InChI=1S/C14H23FN4O2/c1-11(2)19-6-4-12(17-19)9-16-14(20)18-5-3-7-21-13(8-15)10-18/h4,6,11,13H,3,5,7-10H2,1-2H3,(H,16,20). The third kappa shape index (κ3) is 4.42. The van der Waals surface area contributed by atoms with Crippen LogP contribution < -0.4 is 5.32 Å². The Morgan fingerprint density at radius 2 is 2.43 bits per heavy atom. The zero-order valence-electron chi connectivity index (χ0n) is 12.6. The van der Waals surface area contributed by atoms with Gasteiger partial charge in [-0.05, 0) is 26.3 Å². The molecule has 0 aromatic carbocycles. The Balaban J connectivity index is 1.85. The van der Waals surface area contributed by atoms with Gasteiger partial charge in [0.15, 0.2) is 0 Å². The summed E-state index contributed by atoms with van der Waals surface area (Å²) in [5.41, 5.74) is 0.810. The molecule has 0 aliphatic carbocycles. The summed E-state index contributed by atoms with van der Waals surface area (Å²) in [5.74, 6) is 0. The van der Waals surface area contributed by atoms with Crippen LogP contribution in [0.3, 0.4) is 0 Å². The molecular weight excluding hydrogens is 275 g/mol. The van der Waals surface area contributed by atoms with E-state index in [2.05, 4.69) is 10.4 Å². The van der Waals surface area contributed by atoms with Crippen molar-refractivity contribution in [2.24, 2.45) is 0 Å². The van der Waals surface area contributed by atoms with E-state index in [1.54, 1.807) is 4.90 Å². The molecule has 0 saturated carbocycles. The SMILES string of the molecule is CC(C)n1ccc(CNC(=O)N2CCCOC(CF)C2)n1. The van der Waals surface area contributed by atoms with E-state index < -0.39 is 12.8 Å². The average molecular weight is 298 g/mol. The van der Waals surface area contributed by atoms with E-state index in [-0.39, 0.29) is 6.03 Å². The summed E-state index contributed by atoms with van der Waals surface area (Å²) in [4.78, 5) is 13.7. The van der Waals surface area contributed by atoms with Gasteiger partial charge in [0.05, 0.1) is 18.8 Å². The number of ether oxygens (including phenoxy) is 1. The van der Waals surface area contributed by atoms with Crippen LogP contribution in [0.25, 0.3) is 0 Å². The van der Waals surface area contributed by atoms with Gasteiger partial charge in [-0.15, -0.1) is 0 Å². The van der Waals surface area contributed by atoms with Gasteiger partial charge >= 0.3 is 6.03 Å². The summed E-state index contributed by atoms with van der Waals surface area (Å²) in [6, 6.07) is 1.98. The first kappa shape index (κ1) is 15.8. The molecule has 7 heteroatoms. The van der Waals surface area contributed by atoms with Gasteiger partial charge in [-0.25, -0.2) is 9.18 Å². The van der Waals surface area contributed by atoms with Crippen molar-refractivity contribution in [1.82, 2.24) is 20.0 Å². The van der Waals surface area contributed by atoms with Gasteiger partial charge in [0.25, 0.3) is 0 Å². The minimum absolute atomic E-state index is 0.196. The second-order valence-electron chi connectivity index (χ2n) is 5.49. The quantitative estimate of drug-likeness (QED) is 0.921. The first-order valence-electron chi connectivity index (χ1n) is 7.34. The van der Waals surface area contributed by atoms with Crippen molar-refractivity contribution in [3.8, 4) is 0 Å². The van der Waals surface area contributed by atoms with E-state index in [0.29, 0.717) is 32.3 Å². The Morgan fingerprint density at radius 3 is 3.10 bits per heavy atom. The lowest BCUT2D eigenvalue weighted by atomic mass is 10.3. The molecule has 1 saturated heterocycles. The lowest BCUT2D eigenvalue weighted by Crippen LogP contribution is -2.43. The molecule has 1 fully saturated rings. The summed E-state index contributed by atoms with van der Waals surface area (Å²) in [6.07, 6.45) is 2.11. The highest BCUT2D eigenvalue weighted by Gasteiger charge is 2.22. The van der Waals surface area contributed by atoms with Crippen molar-refractivity contribution >= 4 is 6.03 Å². The molecule has 1 aromatic rings. The third-order valence-corrected chi connectivity index (χ3v) is 3.42. The van der Waals surface area contributed by atoms with Crippen LogP contribution in [-0.4, -0.2) is 53.2 Å². The number of nitrogens with one attached hydrogen (secondary N) is 1. The molecule has 2 amide bonds. The minimum Gasteiger partial charge on any atom is -0.374 e. The summed E-state index contributed by atoms with van der Waals surface area (Å²) in [5, 5.41) is 7.20. The predicted octanol–water partition coefficient (Wildman–Crippen LogP) is 1.73. The number of alkyl halides is 1. The van der Waals surface area contributed by atoms with Gasteiger partial charge in [0.1, 0.15) is 12.8 Å². The Morgan fingerprint density at radius 1 is 1.62 bits per heavy atom. The van der Waals surface area contributed by atoms with Crippen LogP contribution in [0.15, 0.2) is 12.3 Å². The van der Waals surface area contributed by atoms with Gasteiger partial charge in [0.2, 0.25) is 0 Å². The second kappa shape index (κ2) is 7.40. The van der Waals surface area contributed by atoms with Gasteiger partial charge in [-0.3, -0.25) is 4.68 Å². The third-order valence-electron chi connectivity index (χ3n) is 3.42. The molecular formula is C14H23FN4O2. The number of carbonyl (C=O) groups is 1. The fraction of sp³-hybridized carbons (Fsp3) is 0.714. The van der Waals surface area contributed by atoms with Crippen LogP contribution in [0, 0.1) is 0 Å². The van der Waals surface area contributed by atoms with E-state index >= 15 is 0 Å². The zero-order chi connectivity index (χ0) is 15.2. The number of amides is 2. The fourth-order valence-corrected chi connectivity index (χ4v) is 2.21. The maximum atomic E-state index is 12.7. The van der Waals surface area contributed by atoms with Crippen LogP contribution in [0.2, 0.25) is 0 Å².